The molecule has 3 rings (SSSR count). The molecule has 22 heavy (non-hydrogen) atoms. The van der Waals surface area contributed by atoms with E-state index in [-0.39, 0.29) is 24.2 Å². The number of hydrogen-bond acceptors (Lipinski definition) is 4. The van der Waals surface area contributed by atoms with E-state index in [9.17, 15) is 14.4 Å². The van der Waals surface area contributed by atoms with Crippen LogP contribution in [0.5, 0.6) is 0 Å². The highest BCUT2D eigenvalue weighted by atomic mass is 35.5. The number of carbonyl (C=O) groups is 3. The van der Waals surface area contributed by atoms with Crippen molar-refractivity contribution in [1.82, 2.24) is 20.4 Å². The van der Waals surface area contributed by atoms with Crippen LogP contribution in [0.4, 0.5) is 4.79 Å². The van der Waals surface area contributed by atoms with Crippen molar-refractivity contribution in [3.8, 4) is 0 Å². The molecule has 1 aliphatic carbocycles. The van der Waals surface area contributed by atoms with E-state index in [1.807, 2.05) is 0 Å². The van der Waals surface area contributed by atoms with Gasteiger partial charge in [0.25, 0.3) is 5.91 Å². The number of piperazine rings is 1. The number of rotatable bonds is 2. The van der Waals surface area contributed by atoms with Gasteiger partial charge in [-0.25, -0.2) is 9.69 Å². The fraction of sp³-hybridized carbons (Fsp3) is 0.786. The minimum atomic E-state index is -0.741. The fourth-order valence-electron chi connectivity index (χ4n) is 3.57. The van der Waals surface area contributed by atoms with Crippen LogP contribution in [-0.2, 0) is 9.59 Å². The normalized spacial score (nSPS) is 25.1. The maximum Gasteiger partial charge on any atom is 0.325 e. The van der Waals surface area contributed by atoms with E-state index >= 15 is 0 Å². The molecule has 1 atom stereocenters. The Morgan fingerprint density at radius 3 is 2.36 bits per heavy atom. The number of carbonyl (C=O) groups excluding carboxylic acids is 3. The Labute approximate surface area is 136 Å². The van der Waals surface area contributed by atoms with Crippen LogP contribution in [0.15, 0.2) is 0 Å². The van der Waals surface area contributed by atoms with Gasteiger partial charge in [-0.1, -0.05) is 12.8 Å². The third-order valence-corrected chi connectivity index (χ3v) is 4.82. The Balaban J connectivity index is 0.00000176. The van der Waals surface area contributed by atoms with Crippen LogP contribution in [0.2, 0.25) is 0 Å². The van der Waals surface area contributed by atoms with Crippen LogP contribution in [0, 0.1) is 0 Å². The quantitative estimate of drug-likeness (QED) is 0.703. The van der Waals surface area contributed by atoms with Crippen molar-refractivity contribution >= 4 is 30.3 Å². The lowest BCUT2D eigenvalue weighted by atomic mass is 9.97. The molecule has 0 aromatic carbocycles. The molecular weight excluding hydrogens is 308 g/mol. The number of amides is 4. The molecule has 2 saturated heterocycles. The van der Waals surface area contributed by atoms with Crippen LogP contribution < -0.4 is 10.6 Å². The van der Waals surface area contributed by atoms with Crippen LogP contribution in [-0.4, -0.2) is 65.4 Å². The minimum Gasteiger partial charge on any atom is -0.338 e. The van der Waals surface area contributed by atoms with Gasteiger partial charge < -0.3 is 15.5 Å². The molecule has 0 bridgehead atoms. The van der Waals surface area contributed by atoms with E-state index in [2.05, 4.69) is 10.6 Å². The average molecular weight is 331 g/mol. The van der Waals surface area contributed by atoms with E-state index in [0.717, 1.165) is 30.8 Å². The van der Waals surface area contributed by atoms with E-state index in [4.69, 9.17) is 0 Å². The minimum absolute atomic E-state index is 0. The summed E-state index contributed by atoms with van der Waals surface area (Å²) in [4.78, 5) is 40.2. The first-order valence-electron chi connectivity index (χ1n) is 7.70. The molecule has 124 valence electrons. The zero-order chi connectivity index (χ0) is 15.0. The molecule has 1 spiro atoms. The third kappa shape index (κ3) is 2.67. The van der Waals surface area contributed by atoms with E-state index in [0.29, 0.717) is 25.9 Å². The first-order chi connectivity index (χ1) is 10.1. The SMILES string of the molecule is CC(C(=O)N1CCNCC1)N1C(=O)NC2(CCCC2)C1=O.Cl. The fourth-order valence-corrected chi connectivity index (χ4v) is 3.57. The molecule has 0 aromatic rings. The number of nitrogens with one attached hydrogen (secondary N) is 2. The van der Waals surface area contributed by atoms with E-state index in [1.54, 1.807) is 11.8 Å². The first-order valence-corrected chi connectivity index (χ1v) is 7.70. The van der Waals surface area contributed by atoms with Gasteiger partial charge in [-0.15, -0.1) is 12.4 Å². The van der Waals surface area contributed by atoms with Crippen LogP contribution in [0.3, 0.4) is 0 Å². The molecule has 8 heteroatoms. The van der Waals surface area contributed by atoms with Crippen molar-refractivity contribution < 1.29 is 14.4 Å². The smallest absolute Gasteiger partial charge is 0.325 e. The lowest BCUT2D eigenvalue weighted by Crippen LogP contribution is -2.55. The number of nitrogens with zero attached hydrogens (tertiary/aromatic N) is 2. The first kappa shape index (κ1) is 17.0. The van der Waals surface area contributed by atoms with E-state index in [1.165, 1.54) is 0 Å². The van der Waals surface area contributed by atoms with Crippen molar-refractivity contribution in [2.45, 2.75) is 44.2 Å². The molecule has 2 heterocycles. The molecule has 0 radical (unpaired) electrons. The highest BCUT2D eigenvalue weighted by Gasteiger charge is 2.54. The van der Waals surface area contributed by atoms with Crippen LogP contribution in [0.1, 0.15) is 32.6 Å². The Morgan fingerprint density at radius 2 is 1.77 bits per heavy atom. The molecule has 1 saturated carbocycles. The number of hydrogen-bond donors (Lipinski definition) is 2. The van der Waals surface area contributed by atoms with Gasteiger partial charge >= 0.3 is 6.03 Å². The number of halogens is 1. The van der Waals surface area contributed by atoms with Gasteiger partial charge in [0.1, 0.15) is 11.6 Å². The summed E-state index contributed by atoms with van der Waals surface area (Å²) in [5.74, 6) is -0.365. The molecule has 3 fully saturated rings. The largest absolute Gasteiger partial charge is 0.338 e. The van der Waals surface area contributed by atoms with Crippen molar-refractivity contribution in [3.63, 3.8) is 0 Å². The summed E-state index contributed by atoms with van der Waals surface area (Å²) >= 11 is 0. The zero-order valence-corrected chi connectivity index (χ0v) is 13.6. The maximum absolute atomic E-state index is 12.6. The van der Waals surface area contributed by atoms with E-state index < -0.39 is 17.6 Å². The topological polar surface area (TPSA) is 81.8 Å². The summed E-state index contributed by atoms with van der Waals surface area (Å²) in [6.45, 7) is 4.40. The van der Waals surface area contributed by atoms with Gasteiger partial charge in [0.05, 0.1) is 0 Å². The Morgan fingerprint density at radius 1 is 1.18 bits per heavy atom. The lowest BCUT2D eigenvalue weighted by Gasteiger charge is -2.32. The molecular formula is C14H23ClN4O3. The monoisotopic (exact) mass is 330 g/mol. The molecule has 7 nitrogen and oxygen atoms in total. The maximum atomic E-state index is 12.6. The van der Waals surface area contributed by atoms with Gasteiger partial charge in [0.2, 0.25) is 5.91 Å². The standard InChI is InChI=1S/C14H22N4O3.ClH/c1-10(11(19)17-8-6-15-7-9-17)18-12(20)14(16-13(18)21)4-2-3-5-14;/h10,15H,2-9H2,1H3,(H,16,21);1H. The lowest BCUT2D eigenvalue weighted by molar-refractivity contribution is -0.143. The van der Waals surface area contributed by atoms with Crippen LogP contribution in [0.25, 0.3) is 0 Å². The van der Waals surface area contributed by atoms with Gasteiger partial charge in [0.15, 0.2) is 0 Å². The number of urea groups is 1. The predicted octanol–water partition coefficient (Wildman–Crippen LogP) is 0.0931. The highest BCUT2D eigenvalue weighted by molar-refractivity contribution is 6.09. The second kappa shape index (κ2) is 6.42. The summed E-state index contributed by atoms with van der Waals surface area (Å²) < 4.78 is 0. The second-order valence-corrected chi connectivity index (χ2v) is 6.15. The van der Waals surface area contributed by atoms with Crippen LogP contribution >= 0.6 is 12.4 Å². The summed E-state index contributed by atoms with van der Waals surface area (Å²) in [7, 11) is 0. The third-order valence-electron chi connectivity index (χ3n) is 4.82. The predicted molar refractivity (Wildman–Crippen MR) is 82.7 cm³/mol. The van der Waals surface area contributed by atoms with Crippen molar-refractivity contribution in [1.29, 1.82) is 0 Å². The van der Waals surface area contributed by atoms with Gasteiger partial charge in [0, 0.05) is 26.2 Å². The van der Waals surface area contributed by atoms with Gasteiger partial charge in [-0.3, -0.25) is 9.59 Å². The second-order valence-electron chi connectivity index (χ2n) is 6.15. The molecule has 0 aromatic heterocycles. The van der Waals surface area contributed by atoms with Crippen molar-refractivity contribution in [2.24, 2.45) is 0 Å². The van der Waals surface area contributed by atoms with Crippen molar-refractivity contribution in [3.05, 3.63) is 0 Å². The molecule has 1 unspecified atom stereocenters. The summed E-state index contributed by atoms with van der Waals surface area (Å²) in [5, 5.41) is 6.00. The van der Waals surface area contributed by atoms with Gasteiger partial charge in [-0.2, -0.15) is 0 Å². The Bertz CT molecular complexity index is 473. The molecule has 3 aliphatic rings. The average Bonchev–Trinajstić information content (AvgIpc) is 3.05. The zero-order valence-electron chi connectivity index (χ0n) is 12.8. The Hall–Kier alpha value is -1.34. The molecule has 2 N–H and O–H groups in total. The summed E-state index contributed by atoms with van der Waals surface area (Å²) in [5.41, 5.74) is -0.741. The molecule has 2 aliphatic heterocycles. The number of imide groups is 1. The summed E-state index contributed by atoms with van der Waals surface area (Å²) in [6.07, 6.45) is 3.26. The van der Waals surface area contributed by atoms with Crippen molar-refractivity contribution in [2.75, 3.05) is 26.2 Å². The summed E-state index contributed by atoms with van der Waals surface area (Å²) in [6, 6.07) is -1.14. The highest BCUT2D eigenvalue weighted by Crippen LogP contribution is 2.35. The van der Waals surface area contributed by atoms with Gasteiger partial charge in [-0.05, 0) is 19.8 Å². The Kier molecular flexibility index (Phi) is 4.97. The molecule has 4 amide bonds.